The van der Waals surface area contributed by atoms with E-state index in [1.165, 1.54) is 0 Å². The van der Waals surface area contributed by atoms with Crippen molar-refractivity contribution in [1.29, 1.82) is 0 Å². The second-order valence-corrected chi connectivity index (χ2v) is 6.64. The zero-order valence-corrected chi connectivity index (χ0v) is 12.5. The van der Waals surface area contributed by atoms with Crippen LogP contribution in [0.1, 0.15) is 45.3 Å². The van der Waals surface area contributed by atoms with Crippen LogP contribution in [-0.4, -0.2) is 33.5 Å². The maximum atomic E-state index is 10.8. The topological polar surface area (TPSA) is 53.4 Å². The molecule has 1 rings (SSSR count). The molecule has 1 aromatic heterocycles. The molecule has 102 valence electrons. The lowest BCUT2D eigenvalue weighted by Gasteiger charge is -2.23. The summed E-state index contributed by atoms with van der Waals surface area (Å²) in [6, 6.07) is 0.195. The summed E-state index contributed by atoms with van der Waals surface area (Å²) in [6.45, 7) is 11.0. The van der Waals surface area contributed by atoms with Crippen LogP contribution in [0.2, 0.25) is 0 Å². The van der Waals surface area contributed by atoms with E-state index in [4.69, 9.17) is 5.11 Å². The predicted molar refractivity (Wildman–Crippen MR) is 74.0 cm³/mol. The molecule has 5 heteroatoms. The number of nitrogens with zero attached hydrogens (tertiary/aromatic N) is 2. The molecule has 0 atom stereocenters. The SMILES string of the molecule is CC(C)N(CC(=O)O)Cc1csc(C(C)(C)C)n1. The summed E-state index contributed by atoms with van der Waals surface area (Å²) < 4.78 is 0. The van der Waals surface area contributed by atoms with Crippen molar-refractivity contribution in [3.63, 3.8) is 0 Å². The number of hydrogen-bond donors (Lipinski definition) is 1. The van der Waals surface area contributed by atoms with Crippen molar-refractivity contribution in [1.82, 2.24) is 9.88 Å². The molecule has 0 radical (unpaired) electrons. The largest absolute Gasteiger partial charge is 0.480 e. The highest BCUT2D eigenvalue weighted by Crippen LogP contribution is 2.26. The van der Waals surface area contributed by atoms with Gasteiger partial charge in [0.15, 0.2) is 0 Å². The zero-order chi connectivity index (χ0) is 13.9. The van der Waals surface area contributed by atoms with Gasteiger partial charge in [-0.2, -0.15) is 0 Å². The van der Waals surface area contributed by atoms with Crippen molar-refractivity contribution in [3.05, 3.63) is 16.1 Å². The number of aliphatic carboxylic acids is 1. The molecular formula is C13H22N2O2S. The molecule has 1 aromatic rings. The molecule has 1 heterocycles. The van der Waals surface area contributed by atoms with Crippen LogP contribution in [0.5, 0.6) is 0 Å². The molecule has 0 aromatic carbocycles. The molecule has 0 unspecified atom stereocenters. The Kier molecular flexibility index (Phi) is 4.87. The minimum Gasteiger partial charge on any atom is -0.480 e. The second-order valence-electron chi connectivity index (χ2n) is 5.79. The number of hydrogen-bond acceptors (Lipinski definition) is 4. The third-order valence-electron chi connectivity index (χ3n) is 2.63. The first-order valence-corrected chi connectivity index (χ1v) is 6.99. The molecule has 0 spiro atoms. The third kappa shape index (κ3) is 4.38. The highest BCUT2D eigenvalue weighted by Gasteiger charge is 2.20. The van der Waals surface area contributed by atoms with E-state index in [2.05, 4.69) is 25.8 Å². The van der Waals surface area contributed by atoms with E-state index in [0.29, 0.717) is 6.54 Å². The minimum atomic E-state index is -0.796. The van der Waals surface area contributed by atoms with Gasteiger partial charge in [-0.3, -0.25) is 9.69 Å². The number of aromatic nitrogens is 1. The van der Waals surface area contributed by atoms with E-state index in [1.54, 1.807) is 11.3 Å². The van der Waals surface area contributed by atoms with Crippen molar-refractivity contribution in [2.75, 3.05) is 6.54 Å². The molecule has 0 amide bonds. The molecule has 0 aliphatic heterocycles. The Hall–Kier alpha value is -0.940. The number of carboxylic acids is 1. The van der Waals surface area contributed by atoms with Crippen LogP contribution < -0.4 is 0 Å². The van der Waals surface area contributed by atoms with Crippen LogP contribution >= 0.6 is 11.3 Å². The summed E-state index contributed by atoms with van der Waals surface area (Å²) in [5.74, 6) is -0.796. The Balaban J connectivity index is 2.76. The van der Waals surface area contributed by atoms with Gasteiger partial charge in [-0.05, 0) is 13.8 Å². The van der Waals surface area contributed by atoms with Crippen LogP contribution in [0, 0.1) is 0 Å². The first kappa shape index (κ1) is 15.1. The Labute approximate surface area is 113 Å². The quantitative estimate of drug-likeness (QED) is 0.894. The Morgan fingerprint density at radius 3 is 2.50 bits per heavy atom. The van der Waals surface area contributed by atoms with Gasteiger partial charge in [-0.25, -0.2) is 4.98 Å². The van der Waals surface area contributed by atoms with E-state index in [9.17, 15) is 4.79 Å². The molecule has 1 N–H and O–H groups in total. The van der Waals surface area contributed by atoms with Crippen molar-refractivity contribution < 1.29 is 9.90 Å². The first-order valence-electron chi connectivity index (χ1n) is 6.11. The number of carboxylic acid groups (broad SMARTS) is 1. The zero-order valence-electron chi connectivity index (χ0n) is 11.7. The van der Waals surface area contributed by atoms with E-state index < -0.39 is 5.97 Å². The monoisotopic (exact) mass is 270 g/mol. The highest BCUT2D eigenvalue weighted by atomic mass is 32.1. The van der Waals surface area contributed by atoms with E-state index >= 15 is 0 Å². The number of rotatable bonds is 5. The molecular weight excluding hydrogens is 248 g/mol. The Bertz CT molecular complexity index is 407. The average molecular weight is 270 g/mol. The van der Waals surface area contributed by atoms with Crippen LogP contribution in [0.4, 0.5) is 0 Å². The van der Waals surface area contributed by atoms with Crippen molar-refractivity contribution >= 4 is 17.3 Å². The maximum Gasteiger partial charge on any atom is 0.317 e. The third-order valence-corrected chi connectivity index (χ3v) is 3.94. The van der Waals surface area contributed by atoms with Crippen LogP contribution in [0.3, 0.4) is 0 Å². The van der Waals surface area contributed by atoms with Crippen molar-refractivity contribution in [2.24, 2.45) is 0 Å². The van der Waals surface area contributed by atoms with Gasteiger partial charge in [-0.1, -0.05) is 20.8 Å². The van der Waals surface area contributed by atoms with Crippen LogP contribution in [-0.2, 0) is 16.8 Å². The molecule has 0 saturated carbocycles. The lowest BCUT2D eigenvalue weighted by atomic mass is 9.98. The molecule has 18 heavy (non-hydrogen) atoms. The van der Waals surface area contributed by atoms with Gasteiger partial charge in [0.2, 0.25) is 0 Å². The molecule has 0 bridgehead atoms. The summed E-state index contributed by atoms with van der Waals surface area (Å²) >= 11 is 1.64. The first-order chi connectivity index (χ1) is 8.20. The van der Waals surface area contributed by atoms with Gasteiger partial charge < -0.3 is 5.11 Å². The summed E-state index contributed by atoms with van der Waals surface area (Å²) in [5.41, 5.74) is 1.01. The summed E-state index contributed by atoms with van der Waals surface area (Å²) in [7, 11) is 0. The smallest absolute Gasteiger partial charge is 0.317 e. The normalized spacial score (nSPS) is 12.4. The van der Waals surface area contributed by atoms with Gasteiger partial charge in [-0.15, -0.1) is 11.3 Å². The van der Waals surface area contributed by atoms with Gasteiger partial charge in [0.1, 0.15) is 0 Å². The van der Waals surface area contributed by atoms with Gasteiger partial charge >= 0.3 is 5.97 Å². The van der Waals surface area contributed by atoms with Gasteiger partial charge in [0.05, 0.1) is 17.2 Å². The van der Waals surface area contributed by atoms with E-state index in [1.807, 2.05) is 24.1 Å². The summed E-state index contributed by atoms with van der Waals surface area (Å²) in [5, 5.41) is 12.0. The van der Waals surface area contributed by atoms with Crippen LogP contribution in [0.25, 0.3) is 0 Å². The predicted octanol–water partition coefficient (Wildman–Crippen LogP) is 2.74. The molecule has 0 aliphatic carbocycles. The number of thiazole rings is 1. The molecule has 4 nitrogen and oxygen atoms in total. The molecule has 0 saturated heterocycles. The van der Waals surface area contributed by atoms with Crippen molar-refractivity contribution in [2.45, 2.75) is 52.6 Å². The van der Waals surface area contributed by atoms with E-state index in [-0.39, 0.29) is 18.0 Å². The lowest BCUT2D eigenvalue weighted by molar-refractivity contribution is -0.138. The second kappa shape index (κ2) is 5.80. The van der Waals surface area contributed by atoms with Crippen molar-refractivity contribution in [3.8, 4) is 0 Å². The fraction of sp³-hybridized carbons (Fsp3) is 0.692. The fourth-order valence-electron chi connectivity index (χ4n) is 1.53. The standard InChI is InChI=1S/C13H22N2O2S/c1-9(2)15(7-11(16)17)6-10-8-18-12(14-10)13(3,4)5/h8-9H,6-7H2,1-5H3,(H,16,17). The maximum absolute atomic E-state index is 10.8. The number of carbonyl (C=O) groups is 1. The highest BCUT2D eigenvalue weighted by molar-refractivity contribution is 7.09. The lowest BCUT2D eigenvalue weighted by Crippen LogP contribution is -2.35. The Morgan fingerprint density at radius 1 is 1.50 bits per heavy atom. The van der Waals surface area contributed by atoms with Gasteiger partial charge in [0.25, 0.3) is 0 Å². The summed E-state index contributed by atoms with van der Waals surface area (Å²) in [6.07, 6.45) is 0. The molecule has 0 aliphatic rings. The van der Waals surface area contributed by atoms with Crippen LogP contribution in [0.15, 0.2) is 5.38 Å². The fourth-order valence-corrected chi connectivity index (χ4v) is 2.43. The minimum absolute atomic E-state index is 0.0539. The summed E-state index contributed by atoms with van der Waals surface area (Å²) in [4.78, 5) is 17.3. The van der Waals surface area contributed by atoms with E-state index in [0.717, 1.165) is 10.7 Å². The average Bonchev–Trinajstić information content (AvgIpc) is 2.63. The van der Waals surface area contributed by atoms with Gasteiger partial charge in [0, 0.05) is 23.4 Å². The molecule has 0 fully saturated rings. The Morgan fingerprint density at radius 2 is 2.11 bits per heavy atom.